The number of nitrogens with zero attached hydrogens (tertiary/aromatic N) is 1. The topological polar surface area (TPSA) is 138 Å². The van der Waals surface area contributed by atoms with E-state index >= 15 is 0 Å². The van der Waals surface area contributed by atoms with Crippen LogP contribution in [0.4, 0.5) is 0 Å². The Morgan fingerprint density at radius 1 is 1.52 bits per heavy atom. The molecule has 0 saturated carbocycles. The Labute approximate surface area is 133 Å². The third-order valence-electron chi connectivity index (χ3n) is 3.01. The van der Waals surface area contributed by atoms with Gasteiger partial charge in [0.25, 0.3) is 5.91 Å². The maximum absolute atomic E-state index is 12.0. The summed E-state index contributed by atoms with van der Waals surface area (Å²) in [6.07, 6.45) is -1.03. The van der Waals surface area contributed by atoms with Crippen LogP contribution in [0.25, 0.3) is 0 Å². The van der Waals surface area contributed by atoms with E-state index in [4.69, 9.17) is 14.9 Å². The lowest BCUT2D eigenvalue weighted by atomic mass is 10.1. The first-order valence-corrected chi connectivity index (χ1v) is 7.21. The van der Waals surface area contributed by atoms with Crippen LogP contribution in [0.2, 0.25) is 0 Å². The zero-order valence-corrected chi connectivity index (χ0v) is 13.0. The Morgan fingerprint density at radius 2 is 2.22 bits per heavy atom. The minimum absolute atomic E-state index is 0.0275. The number of amides is 1. The standard InChI is InChI=1S/C14H21N3O6/c1-8(2)23-14(21)10(4-3-9(18)5-15)17-13(20)12(19)11-6-16-7-22-11/h5,7-8,10-12,15,19H,3-4,6H2,1-2H3,(H,17,20)/t10-,11?,12+/m0/s1. The molecular formula is C14H21N3O6. The molecule has 9 nitrogen and oxygen atoms in total. The number of carbonyl (C=O) groups is 3. The van der Waals surface area contributed by atoms with Gasteiger partial charge in [0.05, 0.1) is 18.9 Å². The molecule has 1 unspecified atom stereocenters. The number of hydrogen-bond acceptors (Lipinski definition) is 8. The summed E-state index contributed by atoms with van der Waals surface area (Å²) in [7, 11) is 0. The molecule has 0 bridgehead atoms. The number of aliphatic hydroxyl groups excluding tert-OH is 1. The van der Waals surface area contributed by atoms with Gasteiger partial charge in [-0.15, -0.1) is 0 Å². The zero-order valence-electron chi connectivity index (χ0n) is 13.0. The molecule has 1 amide bonds. The van der Waals surface area contributed by atoms with Gasteiger partial charge in [0.1, 0.15) is 6.04 Å². The molecule has 0 aromatic carbocycles. The molecule has 1 aliphatic rings. The summed E-state index contributed by atoms with van der Waals surface area (Å²) in [5.41, 5.74) is 0. The molecule has 9 heteroatoms. The monoisotopic (exact) mass is 327 g/mol. The Balaban J connectivity index is 2.65. The lowest BCUT2D eigenvalue weighted by molar-refractivity contribution is -0.153. The lowest BCUT2D eigenvalue weighted by Crippen LogP contribution is -2.50. The van der Waals surface area contributed by atoms with Crippen molar-refractivity contribution >= 4 is 30.3 Å². The van der Waals surface area contributed by atoms with Crippen molar-refractivity contribution in [1.29, 1.82) is 5.41 Å². The Bertz CT molecular complexity index is 483. The number of ketones is 1. The van der Waals surface area contributed by atoms with Crippen LogP contribution in [-0.4, -0.2) is 66.3 Å². The summed E-state index contributed by atoms with van der Waals surface area (Å²) >= 11 is 0. The number of carbonyl (C=O) groups excluding carboxylic acids is 3. The van der Waals surface area contributed by atoms with Crippen molar-refractivity contribution in [1.82, 2.24) is 5.32 Å². The van der Waals surface area contributed by atoms with Crippen molar-refractivity contribution in [3.05, 3.63) is 0 Å². The summed E-state index contributed by atoms with van der Waals surface area (Å²) in [6.45, 7) is 3.44. The van der Waals surface area contributed by atoms with E-state index in [9.17, 15) is 19.5 Å². The highest BCUT2D eigenvalue weighted by molar-refractivity contribution is 6.26. The van der Waals surface area contributed by atoms with E-state index in [2.05, 4.69) is 10.3 Å². The van der Waals surface area contributed by atoms with Gasteiger partial charge in [-0.25, -0.2) is 4.79 Å². The normalized spacial score (nSPS) is 18.9. The molecule has 0 radical (unpaired) electrons. The maximum Gasteiger partial charge on any atom is 0.328 e. The number of aliphatic hydroxyl groups is 1. The second-order valence-corrected chi connectivity index (χ2v) is 5.29. The number of nitrogens with one attached hydrogen (secondary N) is 2. The van der Waals surface area contributed by atoms with Gasteiger partial charge in [-0.2, -0.15) is 0 Å². The second-order valence-electron chi connectivity index (χ2n) is 5.29. The van der Waals surface area contributed by atoms with Crippen molar-refractivity contribution in [2.75, 3.05) is 6.54 Å². The molecule has 3 N–H and O–H groups in total. The highest BCUT2D eigenvalue weighted by atomic mass is 16.5. The summed E-state index contributed by atoms with van der Waals surface area (Å²) < 4.78 is 9.98. The van der Waals surface area contributed by atoms with Gasteiger partial charge in [0.15, 0.2) is 24.4 Å². The molecule has 1 heterocycles. The summed E-state index contributed by atoms with van der Waals surface area (Å²) in [5.74, 6) is -2.00. The van der Waals surface area contributed by atoms with Crippen LogP contribution in [-0.2, 0) is 23.9 Å². The summed E-state index contributed by atoms with van der Waals surface area (Å²) in [4.78, 5) is 38.9. The van der Waals surface area contributed by atoms with E-state index in [1.807, 2.05) is 0 Å². The second kappa shape index (κ2) is 8.99. The van der Waals surface area contributed by atoms with Gasteiger partial charge in [-0.1, -0.05) is 0 Å². The SMILES string of the molecule is CC(C)OC(=O)[C@H](CCC(=O)C=N)NC(=O)[C@H](O)C1CN=CO1. The highest BCUT2D eigenvalue weighted by Gasteiger charge is 2.32. The first kappa shape index (κ1) is 18.8. The first-order valence-electron chi connectivity index (χ1n) is 7.21. The number of esters is 1. The number of ether oxygens (including phenoxy) is 2. The first-order chi connectivity index (χ1) is 10.8. The molecular weight excluding hydrogens is 306 g/mol. The average Bonchev–Trinajstić information content (AvgIpc) is 3.03. The molecule has 0 fully saturated rings. The van der Waals surface area contributed by atoms with Gasteiger partial charge >= 0.3 is 5.97 Å². The highest BCUT2D eigenvalue weighted by Crippen LogP contribution is 2.08. The fourth-order valence-corrected chi connectivity index (χ4v) is 1.83. The van der Waals surface area contributed by atoms with Crippen molar-refractivity contribution in [3.8, 4) is 0 Å². The smallest absolute Gasteiger partial charge is 0.328 e. The van der Waals surface area contributed by atoms with Crippen LogP contribution < -0.4 is 5.32 Å². The molecule has 0 spiro atoms. The quantitative estimate of drug-likeness (QED) is 0.375. The average molecular weight is 327 g/mol. The predicted octanol–water partition coefficient (Wildman–Crippen LogP) is -0.790. The molecule has 128 valence electrons. The van der Waals surface area contributed by atoms with Gasteiger partial charge in [0, 0.05) is 6.42 Å². The molecule has 1 aliphatic heterocycles. The van der Waals surface area contributed by atoms with Crippen molar-refractivity contribution in [2.45, 2.75) is 51.0 Å². The van der Waals surface area contributed by atoms with Gasteiger partial charge in [0.2, 0.25) is 0 Å². The zero-order chi connectivity index (χ0) is 17.4. The van der Waals surface area contributed by atoms with Crippen molar-refractivity contribution in [3.63, 3.8) is 0 Å². The summed E-state index contributed by atoms with van der Waals surface area (Å²) in [6, 6.07) is -1.09. The van der Waals surface area contributed by atoms with E-state index in [-0.39, 0.29) is 19.4 Å². The molecule has 0 aliphatic carbocycles. The Kier molecular flexibility index (Phi) is 7.33. The minimum Gasteiger partial charge on any atom is -0.475 e. The van der Waals surface area contributed by atoms with E-state index < -0.39 is 42.0 Å². The van der Waals surface area contributed by atoms with Gasteiger partial charge in [-0.05, 0) is 20.3 Å². The third kappa shape index (κ3) is 6.15. The van der Waals surface area contributed by atoms with Crippen LogP contribution in [0.5, 0.6) is 0 Å². The third-order valence-corrected chi connectivity index (χ3v) is 3.01. The minimum atomic E-state index is -1.50. The fourth-order valence-electron chi connectivity index (χ4n) is 1.83. The molecule has 3 atom stereocenters. The Hall–Kier alpha value is -2.29. The number of aliphatic imine (C=N–C) groups is 1. The summed E-state index contributed by atoms with van der Waals surface area (Å²) in [5, 5.41) is 19.1. The predicted molar refractivity (Wildman–Crippen MR) is 80.4 cm³/mol. The van der Waals surface area contributed by atoms with Crippen molar-refractivity contribution in [2.24, 2.45) is 4.99 Å². The maximum atomic E-state index is 12.0. The van der Waals surface area contributed by atoms with Crippen LogP contribution in [0, 0.1) is 5.41 Å². The number of Topliss-reactive ketones (excluding diaryl/α,β-unsaturated/α-hetero) is 1. The molecule has 0 aromatic heterocycles. The van der Waals surface area contributed by atoms with E-state index in [1.165, 1.54) is 0 Å². The van der Waals surface area contributed by atoms with E-state index in [1.54, 1.807) is 13.8 Å². The van der Waals surface area contributed by atoms with E-state index in [0.717, 1.165) is 6.40 Å². The van der Waals surface area contributed by atoms with Gasteiger partial charge < -0.3 is 25.3 Å². The van der Waals surface area contributed by atoms with Crippen LogP contribution in [0.3, 0.4) is 0 Å². The number of rotatable bonds is 9. The van der Waals surface area contributed by atoms with E-state index in [0.29, 0.717) is 6.21 Å². The number of hydrogen-bond donors (Lipinski definition) is 3. The van der Waals surface area contributed by atoms with Crippen LogP contribution in [0.1, 0.15) is 26.7 Å². The largest absolute Gasteiger partial charge is 0.475 e. The molecule has 1 rings (SSSR count). The molecule has 0 aromatic rings. The fraction of sp³-hybridized carbons (Fsp3) is 0.643. The van der Waals surface area contributed by atoms with Crippen LogP contribution in [0.15, 0.2) is 4.99 Å². The molecule has 23 heavy (non-hydrogen) atoms. The van der Waals surface area contributed by atoms with Crippen molar-refractivity contribution < 1.29 is 29.0 Å². The Morgan fingerprint density at radius 3 is 2.74 bits per heavy atom. The van der Waals surface area contributed by atoms with Gasteiger partial charge in [-0.3, -0.25) is 14.6 Å². The molecule has 0 saturated heterocycles. The lowest BCUT2D eigenvalue weighted by Gasteiger charge is -2.22. The van der Waals surface area contributed by atoms with Crippen LogP contribution >= 0.6 is 0 Å².